The van der Waals surface area contributed by atoms with Crippen LogP contribution < -0.4 is 10.8 Å². The molecule has 22 heavy (non-hydrogen) atoms. The predicted octanol–water partition coefficient (Wildman–Crippen LogP) is 0.291. The standard InChI is InChI=1S/C15H20FN3O3/c16-14-6-11(15(20)18-21)5-10-1-3-19(9-13(10)14)8-12-7-17-2-4-22-12/h5-6,12,17,21H,1-4,7-9H2,(H,18,20). The number of nitrogens with zero attached hydrogens (tertiary/aromatic N) is 1. The van der Waals surface area contributed by atoms with Crippen LogP contribution in [0.2, 0.25) is 0 Å². The number of hydroxylamine groups is 1. The number of morpholine rings is 1. The number of fused-ring (bicyclic) bond motifs is 1. The number of carbonyl (C=O) groups excluding carboxylic acids is 1. The van der Waals surface area contributed by atoms with Gasteiger partial charge in [0.05, 0.1) is 12.7 Å². The normalized spacial score (nSPS) is 22.2. The molecule has 120 valence electrons. The molecule has 0 saturated carbocycles. The fourth-order valence-corrected chi connectivity index (χ4v) is 3.05. The van der Waals surface area contributed by atoms with Crippen LogP contribution in [0.3, 0.4) is 0 Å². The van der Waals surface area contributed by atoms with Crippen molar-refractivity contribution in [2.45, 2.75) is 19.1 Å². The average Bonchev–Trinajstić information content (AvgIpc) is 2.55. The number of ether oxygens (including phenoxy) is 1. The van der Waals surface area contributed by atoms with Crippen molar-refractivity contribution in [1.82, 2.24) is 15.7 Å². The second-order valence-electron chi connectivity index (χ2n) is 5.72. The molecule has 0 aromatic heterocycles. The molecule has 1 saturated heterocycles. The third-order valence-electron chi connectivity index (χ3n) is 4.20. The van der Waals surface area contributed by atoms with Crippen LogP contribution in [0, 0.1) is 5.82 Å². The summed E-state index contributed by atoms with van der Waals surface area (Å²) in [6.07, 6.45) is 0.816. The topological polar surface area (TPSA) is 73.8 Å². The van der Waals surface area contributed by atoms with Gasteiger partial charge in [-0.1, -0.05) is 0 Å². The Labute approximate surface area is 128 Å². The Balaban J connectivity index is 1.71. The summed E-state index contributed by atoms with van der Waals surface area (Å²) in [7, 11) is 0. The summed E-state index contributed by atoms with van der Waals surface area (Å²) >= 11 is 0. The van der Waals surface area contributed by atoms with Crippen LogP contribution in [0.15, 0.2) is 12.1 Å². The molecule has 3 N–H and O–H groups in total. The molecule has 3 rings (SSSR count). The minimum atomic E-state index is -0.689. The van der Waals surface area contributed by atoms with Crippen LogP contribution in [0.25, 0.3) is 0 Å². The first-order chi connectivity index (χ1) is 10.7. The highest BCUT2D eigenvalue weighted by atomic mass is 19.1. The van der Waals surface area contributed by atoms with E-state index < -0.39 is 11.7 Å². The average molecular weight is 309 g/mol. The summed E-state index contributed by atoms with van der Waals surface area (Å²) < 4.78 is 19.9. The van der Waals surface area contributed by atoms with Gasteiger partial charge in [0.1, 0.15) is 5.82 Å². The van der Waals surface area contributed by atoms with Gasteiger partial charge < -0.3 is 10.1 Å². The molecule has 1 unspecified atom stereocenters. The van der Waals surface area contributed by atoms with Gasteiger partial charge in [0.2, 0.25) is 0 Å². The smallest absolute Gasteiger partial charge is 0.274 e. The first-order valence-corrected chi connectivity index (χ1v) is 7.48. The Morgan fingerprint density at radius 3 is 3.14 bits per heavy atom. The third-order valence-corrected chi connectivity index (χ3v) is 4.20. The number of benzene rings is 1. The van der Waals surface area contributed by atoms with E-state index in [1.807, 2.05) is 0 Å². The maximum Gasteiger partial charge on any atom is 0.274 e. The van der Waals surface area contributed by atoms with E-state index in [9.17, 15) is 9.18 Å². The van der Waals surface area contributed by atoms with Crippen molar-refractivity contribution in [2.75, 3.05) is 32.8 Å². The molecule has 7 heteroatoms. The SMILES string of the molecule is O=C(NO)c1cc(F)c2c(c1)CCN(CC1CNCCO1)C2. The largest absolute Gasteiger partial charge is 0.374 e. The lowest BCUT2D eigenvalue weighted by Crippen LogP contribution is -2.46. The van der Waals surface area contributed by atoms with E-state index in [1.165, 1.54) is 11.5 Å². The second-order valence-corrected chi connectivity index (χ2v) is 5.72. The lowest BCUT2D eigenvalue weighted by molar-refractivity contribution is 0.00278. The van der Waals surface area contributed by atoms with Crippen molar-refractivity contribution in [3.8, 4) is 0 Å². The fourth-order valence-electron chi connectivity index (χ4n) is 3.05. The molecule has 0 bridgehead atoms. The highest BCUT2D eigenvalue weighted by Crippen LogP contribution is 2.24. The molecule has 6 nitrogen and oxygen atoms in total. The van der Waals surface area contributed by atoms with Crippen LogP contribution in [-0.2, 0) is 17.7 Å². The zero-order valence-corrected chi connectivity index (χ0v) is 12.3. The van der Waals surface area contributed by atoms with E-state index in [2.05, 4.69) is 10.2 Å². The zero-order chi connectivity index (χ0) is 15.5. The lowest BCUT2D eigenvalue weighted by Gasteiger charge is -2.33. The molecule has 0 radical (unpaired) electrons. The van der Waals surface area contributed by atoms with Gasteiger partial charge in [-0.05, 0) is 24.1 Å². The van der Waals surface area contributed by atoms with Gasteiger partial charge in [0.15, 0.2) is 0 Å². The monoisotopic (exact) mass is 309 g/mol. The molecule has 1 fully saturated rings. The Kier molecular flexibility index (Phi) is 4.68. The van der Waals surface area contributed by atoms with Gasteiger partial charge >= 0.3 is 0 Å². The van der Waals surface area contributed by atoms with Crippen LogP contribution in [0.5, 0.6) is 0 Å². The highest BCUT2D eigenvalue weighted by Gasteiger charge is 2.24. The molecule has 1 aromatic rings. The Morgan fingerprint density at radius 1 is 1.55 bits per heavy atom. The van der Waals surface area contributed by atoms with E-state index in [-0.39, 0.29) is 11.7 Å². The van der Waals surface area contributed by atoms with Crippen LogP contribution in [0.4, 0.5) is 4.39 Å². The molecule has 0 aliphatic carbocycles. The van der Waals surface area contributed by atoms with Gasteiger partial charge in [0.25, 0.3) is 5.91 Å². The van der Waals surface area contributed by atoms with Crippen molar-refractivity contribution in [3.63, 3.8) is 0 Å². The number of nitrogens with one attached hydrogen (secondary N) is 2. The molecule has 2 heterocycles. The molecule has 2 aliphatic rings. The fraction of sp³-hybridized carbons (Fsp3) is 0.533. The maximum absolute atomic E-state index is 14.2. The zero-order valence-electron chi connectivity index (χ0n) is 12.3. The summed E-state index contributed by atoms with van der Waals surface area (Å²) in [6.45, 7) is 4.50. The number of rotatable bonds is 3. The first kappa shape index (κ1) is 15.4. The molecule has 0 spiro atoms. The first-order valence-electron chi connectivity index (χ1n) is 7.48. The predicted molar refractivity (Wildman–Crippen MR) is 77.2 cm³/mol. The Morgan fingerprint density at radius 2 is 2.41 bits per heavy atom. The van der Waals surface area contributed by atoms with Crippen molar-refractivity contribution < 1.29 is 19.1 Å². The Hall–Kier alpha value is -1.54. The number of carbonyl (C=O) groups is 1. The molecular formula is C15H20FN3O3. The summed E-state index contributed by atoms with van der Waals surface area (Å²) in [5, 5.41) is 11.9. The second kappa shape index (κ2) is 6.70. The third kappa shape index (κ3) is 3.27. The molecule has 1 amide bonds. The molecular weight excluding hydrogens is 289 g/mol. The van der Waals surface area contributed by atoms with E-state index in [1.54, 1.807) is 6.07 Å². The van der Waals surface area contributed by atoms with Gasteiger partial charge in [-0.3, -0.25) is 14.9 Å². The van der Waals surface area contributed by atoms with E-state index >= 15 is 0 Å². The van der Waals surface area contributed by atoms with Gasteiger partial charge in [-0.2, -0.15) is 0 Å². The van der Waals surface area contributed by atoms with Crippen molar-refractivity contribution in [3.05, 3.63) is 34.6 Å². The maximum atomic E-state index is 14.2. The van der Waals surface area contributed by atoms with E-state index in [0.717, 1.165) is 31.7 Å². The number of amides is 1. The van der Waals surface area contributed by atoms with Crippen LogP contribution in [0.1, 0.15) is 21.5 Å². The van der Waals surface area contributed by atoms with Crippen molar-refractivity contribution in [2.24, 2.45) is 0 Å². The van der Waals surface area contributed by atoms with Gasteiger partial charge in [0, 0.05) is 43.9 Å². The molecule has 1 aromatic carbocycles. The van der Waals surface area contributed by atoms with Gasteiger partial charge in [-0.15, -0.1) is 0 Å². The Bertz CT molecular complexity index is 561. The summed E-state index contributed by atoms with van der Waals surface area (Å²) in [6, 6.07) is 2.83. The highest BCUT2D eigenvalue weighted by molar-refractivity contribution is 5.93. The van der Waals surface area contributed by atoms with E-state index in [0.29, 0.717) is 25.1 Å². The summed E-state index contributed by atoms with van der Waals surface area (Å²) in [4.78, 5) is 13.6. The molecule has 1 atom stereocenters. The number of hydrogen-bond donors (Lipinski definition) is 3. The molecule has 2 aliphatic heterocycles. The van der Waals surface area contributed by atoms with Crippen LogP contribution in [-0.4, -0.2) is 54.9 Å². The summed E-state index contributed by atoms with van der Waals surface area (Å²) in [5.41, 5.74) is 3.14. The lowest BCUT2D eigenvalue weighted by atomic mass is 9.96. The minimum Gasteiger partial charge on any atom is -0.374 e. The number of halogens is 1. The quantitative estimate of drug-likeness (QED) is 0.553. The summed E-state index contributed by atoms with van der Waals surface area (Å²) in [5.74, 6) is -1.09. The van der Waals surface area contributed by atoms with Gasteiger partial charge in [-0.25, -0.2) is 9.87 Å². The van der Waals surface area contributed by atoms with Crippen LogP contribution >= 0.6 is 0 Å². The van der Waals surface area contributed by atoms with Crippen molar-refractivity contribution in [1.29, 1.82) is 0 Å². The minimum absolute atomic E-state index is 0.137. The van der Waals surface area contributed by atoms with Crippen molar-refractivity contribution >= 4 is 5.91 Å². The van der Waals surface area contributed by atoms with E-state index in [4.69, 9.17) is 9.94 Å². The number of hydrogen-bond acceptors (Lipinski definition) is 5.